The standard InChI is InChI=1S/C14H12N2O/c17-9-7-12-6-5-11-4-3-10-2-1-8-15-13(10)14(11)16-12/h1-6,8,17H,7,9H2. The van der Waals surface area contributed by atoms with Crippen molar-refractivity contribution in [2.45, 2.75) is 6.42 Å². The van der Waals surface area contributed by atoms with Crippen molar-refractivity contribution in [2.75, 3.05) is 6.61 Å². The molecule has 2 heterocycles. The van der Waals surface area contributed by atoms with E-state index in [4.69, 9.17) is 5.11 Å². The number of aromatic nitrogens is 2. The third-order valence-electron chi connectivity index (χ3n) is 2.86. The Morgan fingerprint density at radius 2 is 1.71 bits per heavy atom. The number of aliphatic hydroxyl groups is 1. The maximum Gasteiger partial charge on any atom is 0.0967 e. The Morgan fingerprint density at radius 1 is 0.941 bits per heavy atom. The number of hydrogen-bond acceptors (Lipinski definition) is 3. The summed E-state index contributed by atoms with van der Waals surface area (Å²) in [6.07, 6.45) is 2.36. The van der Waals surface area contributed by atoms with Gasteiger partial charge in [0.05, 0.1) is 11.0 Å². The normalized spacial score (nSPS) is 11.1. The highest BCUT2D eigenvalue weighted by molar-refractivity contribution is 6.02. The first-order valence-corrected chi connectivity index (χ1v) is 5.63. The predicted molar refractivity (Wildman–Crippen MR) is 67.8 cm³/mol. The Bertz CT molecular complexity index is 679. The van der Waals surface area contributed by atoms with Crippen molar-refractivity contribution in [1.29, 1.82) is 0 Å². The van der Waals surface area contributed by atoms with E-state index in [0.717, 1.165) is 27.5 Å². The lowest BCUT2D eigenvalue weighted by molar-refractivity contribution is 0.298. The van der Waals surface area contributed by atoms with Gasteiger partial charge in [-0.3, -0.25) is 9.97 Å². The molecule has 2 aromatic heterocycles. The van der Waals surface area contributed by atoms with Crippen LogP contribution in [0.5, 0.6) is 0 Å². The smallest absolute Gasteiger partial charge is 0.0967 e. The van der Waals surface area contributed by atoms with E-state index in [1.807, 2.05) is 24.3 Å². The summed E-state index contributed by atoms with van der Waals surface area (Å²) in [7, 11) is 0. The maximum atomic E-state index is 8.95. The fraction of sp³-hybridized carbons (Fsp3) is 0.143. The van der Waals surface area contributed by atoms with Crippen LogP contribution in [-0.2, 0) is 6.42 Å². The number of nitrogens with zero attached hydrogens (tertiary/aromatic N) is 2. The minimum Gasteiger partial charge on any atom is -0.396 e. The third kappa shape index (κ3) is 1.74. The summed E-state index contributed by atoms with van der Waals surface area (Å²) in [5.74, 6) is 0. The van der Waals surface area contributed by atoms with Gasteiger partial charge in [0, 0.05) is 35.7 Å². The second-order valence-corrected chi connectivity index (χ2v) is 3.99. The molecule has 84 valence electrons. The molecule has 0 aliphatic heterocycles. The van der Waals surface area contributed by atoms with E-state index < -0.39 is 0 Å². The first kappa shape index (κ1) is 10.2. The van der Waals surface area contributed by atoms with E-state index in [1.54, 1.807) is 6.20 Å². The van der Waals surface area contributed by atoms with Crippen molar-refractivity contribution in [3.8, 4) is 0 Å². The summed E-state index contributed by atoms with van der Waals surface area (Å²) in [6.45, 7) is 0.122. The lowest BCUT2D eigenvalue weighted by Gasteiger charge is -2.04. The van der Waals surface area contributed by atoms with Crippen molar-refractivity contribution in [2.24, 2.45) is 0 Å². The molecule has 3 nitrogen and oxygen atoms in total. The minimum absolute atomic E-state index is 0.122. The molecular formula is C14H12N2O. The van der Waals surface area contributed by atoms with Crippen molar-refractivity contribution in [3.05, 3.63) is 48.3 Å². The Labute approximate surface area is 98.8 Å². The van der Waals surface area contributed by atoms with Crippen LogP contribution in [0, 0.1) is 0 Å². The molecule has 0 saturated carbocycles. The molecule has 0 aliphatic carbocycles. The van der Waals surface area contributed by atoms with Crippen molar-refractivity contribution >= 4 is 21.8 Å². The molecule has 3 heteroatoms. The molecule has 0 unspecified atom stereocenters. The van der Waals surface area contributed by atoms with Gasteiger partial charge in [-0.1, -0.05) is 24.3 Å². The fourth-order valence-corrected chi connectivity index (χ4v) is 2.02. The minimum atomic E-state index is 0.122. The van der Waals surface area contributed by atoms with Crippen molar-refractivity contribution in [3.63, 3.8) is 0 Å². The van der Waals surface area contributed by atoms with Gasteiger partial charge in [0.2, 0.25) is 0 Å². The van der Waals surface area contributed by atoms with Crippen molar-refractivity contribution in [1.82, 2.24) is 9.97 Å². The van der Waals surface area contributed by atoms with Gasteiger partial charge in [-0.25, -0.2) is 0 Å². The van der Waals surface area contributed by atoms with Gasteiger partial charge >= 0.3 is 0 Å². The number of pyridine rings is 2. The molecule has 0 saturated heterocycles. The van der Waals surface area contributed by atoms with Crippen LogP contribution < -0.4 is 0 Å². The SMILES string of the molecule is OCCc1ccc2ccc3cccnc3c2n1. The molecular weight excluding hydrogens is 212 g/mol. The average molecular weight is 224 g/mol. The van der Waals surface area contributed by atoms with Crippen molar-refractivity contribution < 1.29 is 5.11 Å². The highest BCUT2D eigenvalue weighted by atomic mass is 16.3. The van der Waals surface area contributed by atoms with Crippen LogP contribution in [0.2, 0.25) is 0 Å². The molecule has 1 aromatic carbocycles. The van der Waals surface area contributed by atoms with E-state index in [9.17, 15) is 0 Å². The summed E-state index contributed by atoms with van der Waals surface area (Å²) in [5.41, 5.74) is 2.73. The number of fused-ring (bicyclic) bond motifs is 3. The average Bonchev–Trinajstić information content (AvgIpc) is 2.39. The van der Waals surface area contributed by atoms with Gasteiger partial charge in [0.15, 0.2) is 0 Å². The quantitative estimate of drug-likeness (QED) is 0.679. The summed E-state index contributed by atoms with van der Waals surface area (Å²) >= 11 is 0. The largest absolute Gasteiger partial charge is 0.396 e. The second kappa shape index (κ2) is 4.11. The van der Waals surface area contributed by atoms with E-state index in [1.165, 1.54) is 0 Å². The Hall–Kier alpha value is -2.00. The van der Waals surface area contributed by atoms with E-state index >= 15 is 0 Å². The van der Waals surface area contributed by atoms with Crippen LogP contribution in [0.15, 0.2) is 42.6 Å². The number of benzene rings is 1. The van der Waals surface area contributed by atoms with Crippen LogP contribution in [-0.4, -0.2) is 21.7 Å². The molecule has 0 amide bonds. The first-order valence-electron chi connectivity index (χ1n) is 5.63. The zero-order valence-electron chi connectivity index (χ0n) is 9.30. The van der Waals surface area contributed by atoms with Crippen LogP contribution in [0.1, 0.15) is 5.69 Å². The summed E-state index contributed by atoms with van der Waals surface area (Å²) in [5, 5.41) is 11.1. The molecule has 3 aromatic rings. The van der Waals surface area contributed by atoms with E-state index in [0.29, 0.717) is 6.42 Å². The van der Waals surface area contributed by atoms with Gasteiger partial charge in [-0.05, 0) is 12.1 Å². The highest BCUT2D eigenvalue weighted by Crippen LogP contribution is 2.22. The third-order valence-corrected chi connectivity index (χ3v) is 2.86. The van der Waals surface area contributed by atoms with Crippen LogP contribution in [0.4, 0.5) is 0 Å². The Morgan fingerprint density at radius 3 is 2.53 bits per heavy atom. The second-order valence-electron chi connectivity index (χ2n) is 3.99. The monoisotopic (exact) mass is 224 g/mol. The lowest BCUT2D eigenvalue weighted by atomic mass is 10.1. The molecule has 1 N–H and O–H groups in total. The molecule has 17 heavy (non-hydrogen) atoms. The Balaban J connectivity index is 2.34. The molecule has 0 aliphatic rings. The molecule has 0 fully saturated rings. The van der Waals surface area contributed by atoms with Gasteiger partial charge in [0.25, 0.3) is 0 Å². The van der Waals surface area contributed by atoms with Crippen LogP contribution >= 0.6 is 0 Å². The summed E-state index contributed by atoms with van der Waals surface area (Å²) in [6, 6.07) is 12.0. The molecule has 3 rings (SSSR count). The molecule has 0 bridgehead atoms. The predicted octanol–water partition coefficient (Wildman–Crippen LogP) is 2.32. The van der Waals surface area contributed by atoms with Crippen LogP contribution in [0.3, 0.4) is 0 Å². The van der Waals surface area contributed by atoms with Crippen LogP contribution in [0.25, 0.3) is 21.8 Å². The maximum absolute atomic E-state index is 8.95. The number of rotatable bonds is 2. The zero-order valence-corrected chi connectivity index (χ0v) is 9.30. The van der Waals surface area contributed by atoms with Gasteiger partial charge in [0.1, 0.15) is 0 Å². The van der Waals surface area contributed by atoms with E-state index in [2.05, 4.69) is 22.1 Å². The first-order chi connectivity index (χ1) is 8.38. The molecule has 0 atom stereocenters. The molecule has 0 spiro atoms. The van der Waals surface area contributed by atoms with Gasteiger partial charge in [-0.2, -0.15) is 0 Å². The van der Waals surface area contributed by atoms with Gasteiger partial charge in [-0.15, -0.1) is 0 Å². The highest BCUT2D eigenvalue weighted by Gasteiger charge is 2.03. The number of hydrogen-bond donors (Lipinski definition) is 1. The number of aliphatic hydroxyl groups excluding tert-OH is 1. The van der Waals surface area contributed by atoms with E-state index in [-0.39, 0.29) is 6.61 Å². The van der Waals surface area contributed by atoms with Gasteiger partial charge < -0.3 is 5.11 Å². The Kier molecular flexibility index (Phi) is 2.46. The summed E-state index contributed by atoms with van der Waals surface area (Å²) in [4.78, 5) is 8.96. The topological polar surface area (TPSA) is 46.0 Å². The molecule has 0 radical (unpaired) electrons. The zero-order chi connectivity index (χ0) is 11.7. The lowest BCUT2D eigenvalue weighted by Crippen LogP contribution is -1.95. The fourth-order valence-electron chi connectivity index (χ4n) is 2.02. The summed E-state index contributed by atoms with van der Waals surface area (Å²) < 4.78 is 0.